The van der Waals surface area contributed by atoms with Crippen LogP contribution in [0, 0.1) is 0 Å². The van der Waals surface area contributed by atoms with Crippen LogP contribution in [0.3, 0.4) is 0 Å². The highest BCUT2D eigenvalue weighted by Crippen LogP contribution is 2.24. The number of unbranched alkanes of at least 4 members (excludes halogenated alkanes) is 18. The first kappa shape index (κ1) is 33.5. The smallest absolute Gasteiger partial charge is 0.306 e. The van der Waals surface area contributed by atoms with Gasteiger partial charge in [0.05, 0.1) is 21.0 Å². The van der Waals surface area contributed by atoms with E-state index in [0.29, 0.717) is 13.0 Å². The van der Waals surface area contributed by atoms with Gasteiger partial charge in [-0.25, -0.2) is 0 Å². The van der Waals surface area contributed by atoms with Crippen molar-refractivity contribution >= 4 is 13.8 Å². The van der Waals surface area contributed by atoms with Crippen LogP contribution >= 0.6 is 7.82 Å². The predicted molar refractivity (Wildman–Crippen MR) is 130 cm³/mol. The third kappa shape index (κ3) is 26.1. The molecule has 1 atom stereocenters. The molecule has 9 heteroatoms. The van der Waals surface area contributed by atoms with Crippen molar-refractivity contribution in [1.29, 1.82) is 0 Å². The maximum atomic E-state index is 11.7. The topological polar surface area (TPSA) is 139 Å². The van der Waals surface area contributed by atoms with E-state index in [1.165, 1.54) is 89.9 Å². The molecule has 0 aromatic rings. The van der Waals surface area contributed by atoms with Crippen molar-refractivity contribution in [2.75, 3.05) is 19.8 Å². The first-order chi connectivity index (χ1) is 16.4. The molecule has 0 aromatic carbocycles. The van der Waals surface area contributed by atoms with E-state index in [2.05, 4.69) is 4.52 Å². The van der Waals surface area contributed by atoms with Crippen LogP contribution in [0.25, 0.3) is 0 Å². The van der Waals surface area contributed by atoms with Gasteiger partial charge < -0.3 is 33.8 Å². The monoisotopic (exact) mass is 508 g/mol. The third-order valence-electron chi connectivity index (χ3n) is 5.96. The summed E-state index contributed by atoms with van der Waals surface area (Å²) >= 11 is 0. The van der Waals surface area contributed by atoms with E-state index in [1.807, 2.05) is 0 Å². The number of rotatable bonds is 26. The van der Waals surface area contributed by atoms with Gasteiger partial charge in [-0.1, -0.05) is 109 Å². The van der Waals surface area contributed by atoms with E-state index in [0.717, 1.165) is 25.7 Å². The second kappa shape index (κ2) is 24.2. The molecule has 2 N–H and O–H groups in total. The fraction of sp³-hybridized carbons (Fsp3) is 0.960. The van der Waals surface area contributed by atoms with Crippen LogP contribution in [-0.2, 0) is 18.6 Å². The number of carbonyl (C=O) groups excluding carboxylic acids is 1. The van der Waals surface area contributed by atoms with E-state index in [-0.39, 0.29) is 6.42 Å². The number of esters is 1. The van der Waals surface area contributed by atoms with Crippen LogP contribution in [0.1, 0.15) is 128 Å². The molecule has 0 spiro atoms. The van der Waals surface area contributed by atoms with Gasteiger partial charge in [-0.3, -0.25) is 4.79 Å². The molecule has 204 valence electrons. The molecular weight excluding hydrogens is 459 g/mol. The second-order valence-electron chi connectivity index (χ2n) is 9.23. The average molecular weight is 509 g/mol. The molecule has 0 fully saturated rings. The van der Waals surface area contributed by atoms with E-state index in [1.54, 1.807) is 0 Å². The normalized spacial score (nSPS) is 12.7. The first-order valence-corrected chi connectivity index (χ1v) is 14.9. The maximum Gasteiger partial charge on any atom is 0.306 e. The minimum absolute atomic E-state index is 0.202. The van der Waals surface area contributed by atoms with Crippen LogP contribution < -0.4 is 9.79 Å². The Balaban J connectivity index is 3.31. The number of phosphoric acid groups is 1. The van der Waals surface area contributed by atoms with Crippen molar-refractivity contribution in [2.45, 2.75) is 135 Å². The Labute approximate surface area is 207 Å². The standard InChI is InChI=1S/C25H51O8P/c26-21-19-17-15-13-11-9-7-5-3-1-2-4-6-8-10-12-14-16-18-20-25(28)33-24(22-27)23-32-34(29,30)31/h24,26-27H,1-23H2,(H2,29,30,31)/p-2/t24-/m1/s1. The van der Waals surface area contributed by atoms with E-state index in [4.69, 9.17) is 14.9 Å². The Morgan fingerprint density at radius 3 is 1.32 bits per heavy atom. The molecule has 0 aliphatic carbocycles. The van der Waals surface area contributed by atoms with Crippen LogP contribution in [0.4, 0.5) is 0 Å². The maximum absolute atomic E-state index is 11.7. The van der Waals surface area contributed by atoms with Crippen molar-refractivity contribution in [3.8, 4) is 0 Å². The van der Waals surface area contributed by atoms with Crippen molar-refractivity contribution in [2.24, 2.45) is 0 Å². The predicted octanol–water partition coefficient (Wildman–Crippen LogP) is 4.53. The highest BCUT2D eigenvalue weighted by molar-refractivity contribution is 7.43. The minimum Gasteiger partial charge on any atom is -0.790 e. The van der Waals surface area contributed by atoms with Gasteiger partial charge >= 0.3 is 5.97 Å². The lowest BCUT2D eigenvalue weighted by molar-refractivity contribution is -0.343. The summed E-state index contributed by atoms with van der Waals surface area (Å²) in [4.78, 5) is 32.6. The van der Waals surface area contributed by atoms with Crippen molar-refractivity contribution in [3.63, 3.8) is 0 Å². The molecule has 0 heterocycles. The molecule has 0 saturated carbocycles. The first-order valence-electron chi connectivity index (χ1n) is 13.5. The summed E-state index contributed by atoms with van der Waals surface area (Å²) in [5.74, 6) is -0.525. The summed E-state index contributed by atoms with van der Waals surface area (Å²) in [5.41, 5.74) is 0. The number of aliphatic hydroxyl groups is 2. The number of hydrogen-bond donors (Lipinski definition) is 2. The van der Waals surface area contributed by atoms with Crippen LogP contribution in [0.5, 0.6) is 0 Å². The van der Waals surface area contributed by atoms with Crippen molar-refractivity contribution in [1.82, 2.24) is 0 Å². The molecule has 0 aliphatic rings. The van der Waals surface area contributed by atoms with Gasteiger partial charge in [0, 0.05) is 13.0 Å². The molecule has 0 saturated heterocycles. The molecule has 0 amide bonds. The van der Waals surface area contributed by atoms with Crippen molar-refractivity contribution < 1.29 is 38.6 Å². The van der Waals surface area contributed by atoms with Gasteiger partial charge in [0.1, 0.15) is 6.10 Å². The summed E-state index contributed by atoms with van der Waals surface area (Å²) in [7, 11) is -5.14. The molecule has 0 aliphatic heterocycles. The Bertz CT molecular complexity index is 497. The Kier molecular flexibility index (Phi) is 23.8. The highest BCUT2D eigenvalue weighted by atomic mass is 31.2. The molecule has 0 radical (unpaired) electrons. The SMILES string of the molecule is O=C(CCCCCCCCCCCCCCCCCCCCCO)O[C@H](CO)COP(=O)([O-])[O-]. The van der Waals surface area contributed by atoms with Crippen LogP contribution in [0.15, 0.2) is 0 Å². The molecule has 0 rings (SSSR count). The molecule has 8 nitrogen and oxygen atoms in total. The lowest BCUT2D eigenvalue weighted by Gasteiger charge is -2.30. The van der Waals surface area contributed by atoms with E-state index >= 15 is 0 Å². The number of carbonyl (C=O) groups is 1. The number of hydrogen-bond acceptors (Lipinski definition) is 8. The quantitative estimate of drug-likeness (QED) is 0.0987. The Hall–Kier alpha value is -0.500. The Morgan fingerprint density at radius 1 is 0.647 bits per heavy atom. The van der Waals surface area contributed by atoms with Crippen LogP contribution in [-0.4, -0.2) is 42.1 Å². The summed E-state index contributed by atoms with van der Waals surface area (Å²) in [6, 6.07) is 0. The van der Waals surface area contributed by atoms with Crippen LogP contribution in [0.2, 0.25) is 0 Å². The lowest BCUT2D eigenvalue weighted by Crippen LogP contribution is -2.29. The zero-order valence-electron chi connectivity index (χ0n) is 21.1. The molecule has 0 bridgehead atoms. The lowest BCUT2D eigenvalue weighted by atomic mass is 10.0. The molecular formula is C25H49O8P-2. The van der Waals surface area contributed by atoms with Gasteiger partial charge in [0.25, 0.3) is 0 Å². The van der Waals surface area contributed by atoms with Gasteiger partial charge in [-0.05, 0) is 12.8 Å². The third-order valence-corrected chi connectivity index (χ3v) is 6.42. The summed E-state index contributed by atoms with van der Waals surface area (Å²) < 4.78 is 19.4. The molecule has 0 unspecified atom stereocenters. The summed E-state index contributed by atoms with van der Waals surface area (Å²) in [6.07, 6.45) is 22.2. The van der Waals surface area contributed by atoms with E-state index < -0.39 is 33.1 Å². The van der Waals surface area contributed by atoms with Gasteiger partial charge in [-0.2, -0.15) is 0 Å². The Morgan fingerprint density at radius 2 is 1.00 bits per heavy atom. The fourth-order valence-corrected chi connectivity index (χ4v) is 4.28. The second-order valence-corrected chi connectivity index (χ2v) is 10.4. The largest absolute Gasteiger partial charge is 0.790 e. The highest BCUT2D eigenvalue weighted by Gasteiger charge is 2.14. The summed E-state index contributed by atoms with van der Waals surface area (Å²) in [5, 5.41) is 17.8. The van der Waals surface area contributed by atoms with Gasteiger partial charge in [0.15, 0.2) is 0 Å². The number of ether oxygens (including phenoxy) is 1. The summed E-state index contributed by atoms with van der Waals surface area (Å²) in [6.45, 7) is -0.920. The minimum atomic E-state index is -5.14. The van der Waals surface area contributed by atoms with Gasteiger partial charge in [-0.15, -0.1) is 0 Å². The number of aliphatic hydroxyl groups excluding tert-OH is 2. The zero-order valence-corrected chi connectivity index (χ0v) is 22.0. The van der Waals surface area contributed by atoms with Gasteiger partial charge in [0.2, 0.25) is 0 Å². The van der Waals surface area contributed by atoms with Crippen molar-refractivity contribution in [3.05, 3.63) is 0 Å². The fourth-order valence-electron chi connectivity index (χ4n) is 3.93. The molecule has 0 aromatic heterocycles. The van der Waals surface area contributed by atoms with E-state index in [9.17, 15) is 19.1 Å². The average Bonchev–Trinajstić information content (AvgIpc) is 2.79. The number of phosphoric ester groups is 1. The zero-order chi connectivity index (χ0) is 25.3. The molecule has 34 heavy (non-hydrogen) atoms.